The average molecular weight is 161 g/mol. The molecule has 0 aromatic carbocycles. The first-order valence-corrected chi connectivity index (χ1v) is 4.61. The molecule has 0 aromatic rings. The molecule has 0 aliphatic carbocycles. The van der Waals surface area contributed by atoms with Crippen LogP contribution in [-0.4, -0.2) is 24.5 Å². The van der Waals surface area contributed by atoms with E-state index in [4.69, 9.17) is 0 Å². The van der Waals surface area contributed by atoms with Crippen LogP contribution < -0.4 is 5.32 Å². The van der Waals surface area contributed by atoms with Gasteiger partial charge in [-0.1, -0.05) is 25.6 Å². The Morgan fingerprint density at radius 3 is 2.10 bits per heavy atom. The molecule has 0 saturated heterocycles. The highest BCUT2D eigenvalue weighted by molar-refractivity contribution is 8.13. The van der Waals surface area contributed by atoms with E-state index in [0.29, 0.717) is 5.92 Å². The molecule has 0 spiro atoms. The first kappa shape index (κ1) is 9.98. The fourth-order valence-electron chi connectivity index (χ4n) is 0.850. The average Bonchev–Trinajstić information content (AvgIpc) is 1.88. The van der Waals surface area contributed by atoms with Gasteiger partial charge in [-0.3, -0.25) is 4.79 Å². The standard InChI is InChI=1S/C7H15NOS/c1-5(2)6(8-3)7(9)10-4/h5-6,8H,1-4H3. The first-order valence-electron chi connectivity index (χ1n) is 3.38. The van der Waals surface area contributed by atoms with Crippen molar-refractivity contribution in [1.82, 2.24) is 5.32 Å². The lowest BCUT2D eigenvalue weighted by Gasteiger charge is -2.16. The maximum atomic E-state index is 11.1. The summed E-state index contributed by atoms with van der Waals surface area (Å²) in [4.78, 5) is 11.1. The van der Waals surface area contributed by atoms with Gasteiger partial charge in [0.05, 0.1) is 6.04 Å². The molecule has 0 saturated carbocycles. The van der Waals surface area contributed by atoms with Gasteiger partial charge in [-0.25, -0.2) is 0 Å². The minimum Gasteiger partial charge on any atom is -0.310 e. The summed E-state index contributed by atoms with van der Waals surface area (Å²) in [5.41, 5.74) is 0. The van der Waals surface area contributed by atoms with Gasteiger partial charge in [0, 0.05) is 0 Å². The van der Waals surface area contributed by atoms with Crippen molar-refractivity contribution in [3.05, 3.63) is 0 Å². The monoisotopic (exact) mass is 161 g/mol. The maximum absolute atomic E-state index is 11.1. The van der Waals surface area contributed by atoms with E-state index in [2.05, 4.69) is 5.32 Å². The van der Waals surface area contributed by atoms with Crippen LogP contribution in [0.1, 0.15) is 13.8 Å². The minimum atomic E-state index is 0.00926. The number of likely N-dealkylation sites (N-methyl/N-ethyl adjacent to an activating group) is 1. The van der Waals surface area contributed by atoms with Crippen LogP contribution in [0.5, 0.6) is 0 Å². The predicted molar refractivity (Wildman–Crippen MR) is 46.2 cm³/mol. The van der Waals surface area contributed by atoms with Gasteiger partial charge >= 0.3 is 0 Å². The van der Waals surface area contributed by atoms with E-state index < -0.39 is 0 Å². The summed E-state index contributed by atoms with van der Waals surface area (Å²) < 4.78 is 0. The van der Waals surface area contributed by atoms with Crippen LogP contribution in [0.2, 0.25) is 0 Å². The zero-order valence-electron chi connectivity index (χ0n) is 6.97. The summed E-state index contributed by atoms with van der Waals surface area (Å²) in [7, 11) is 1.82. The molecule has 60 valence electrons. The van der Waals surface area contributed by atoms with Crippen molar-refractivity contribution in [3.8, 4) is 0 Å². The van der Waals surface area contributed by atoms with Crippen LogP contribution in [0.25, 0.3) is 0 Å². The molecule has 0 heterocycles. The highest BCUT2D eigenvalue weighted by Crippen LogP contribution is 2.08. The lowest BCUT2D eigenvalue weighted by Crippen LogP contribution is -2.36. The van der Waals surface area contributed by atoms with E-state index in [1.165, 1.54) is 11.8 Å². The van der Waals surface area contributed by atoms with Crippen molar-refractivity contribution in [2.24, 2.45) is 5.92 Å². The Balaban J connectivity index is 3.93. The lowest BCUT2D eigenvalue weighted by atomic mass is 10.1. The molecule has 0 rings (SSSR count). The Kier molecular flexibility index (Phi) is 4.73. The molecule has 0 bridgehead atoms. The van der Waals surface area contributed by atoms with Crippen LogP contribution in [0, 0.1) is 5.92 Å². The number of nitrogens with one attached hydrogen (secondary N) is 1. The van der Waals surface area contributed by atoms with Crippen molar-refractivity contribution < 1.29 is 4.79 Å². The van der Waals surface area contributed by atoms with Gasteiger partial charge < -0.3 is 5.32 Å². The number of thioether (sulfide) groups is 1. The van der Waals surface area contributed by atoms with Gasteiger partial charge in [0.2, 0.25) is 5.12 Å². The van der Waals surface area contributed by atoms with Crippen molar-refractivity contribution in [3.63, 3.8) is 0 Å². The minimum absolute atomic E-state index is 0.00926. The number of hydrogen-bond acceptors (Lipinski definition) is 3. The van der Waals surface area contributed by atoms with Crippen LogP contribution in [-0.2, 0) is 4.79 Å². The molecular weight excluding hydrogens is 146 g/mol. The molecule has 0 amide bonds. The molecule has 0 fully saturated rings. The highest BCUT2D eigenvalue weighted by Gasteiger charge is 2.18. The molecule has 0 aliphatic heterocycles. The third kappa shape index (κ3) is 2.71. The van der Waals surface area contributed by atoms with Crippen molar-refractivity contribution >= 4 is 16.9 Å². The fourth-order valence-corrected chi connectivity index (χ4v) is 1.49. The molecular formula is C7H15NOS. The van der Waals surface area contributed by atoms with Gasteiger partial charge in [0.1, 0.15) is 0 Å². The fraction of sp³-hybridized carbons (Fsp3) is 0.857. The van der Waals surface area contributed by atoms with Gasteiger partial charge in [0.15, 0.2) is 0 Å². The smallest absolute Gasteiger partial charge is 0.205 e. The number of hydrogen-bond donors (Lipinski definition) is 1. The molecule has 0 aliphatic rings. The molecule has 10 heavy (non-hydrogen) atoms. The second-order valence-corrected chi connectivity index (χ2v) is 3.34. The molecule has 3 heteroatoms. The van der Waals surface area contributed by atoms with Crippen molar-refractivity contribution in [2.75, 3.05) is 13.3 Å². The van der Waals surface area contributed by atoms with E-state index >= 15 is 0 Å². The molecule has 0 aromatic heterocycles. The summed E-state index contributed by atoms with van der Waals surface area (Å²) in [5.74, 6) is 0.380. The first-order chi connectivity index (χ1) is 4.63. The zero-order valence-corrected chi connectivity index (χ0v) is 7.79. The Hall–Kier alpha value is -0.0200. The summed E-state index contributed by atoms with van der Waals surface area (Å²) >= 11 is 1.28. The summed E-state index contributed by atoms with van der Waals surface area (Å²) in [6.45, 7) is 4.07. The van der Waals surface area contributed by atoms with Crippen molar-refractivity contribution in [2.45, 2.75) is 19.9 Å². The quantitative estimate of drug-likeness (QED) is 0.672. The van der Waals surface area contributed by atoms with E-state index in [-0.39, 0.29) is 11.2 Å². The number of carbonyl (C=O) groups excluding carboxylic acids is 1. The van der Waals surface area contributed by atoms with E-state index in [0.717, 1.165) is 0 Å². The van der Waals surface area contributed by atoms with Gasteiger partial charge in [-0.05, 0) is 19.2 Å². The zero-order chi connectivity index (χ0) is 8.15. The topological polar surface area (TPSA) is 29.1 Å². The molecule has 1 atom stereocenters. The normalized spacial score (nSPS) is 13.7. The summed E-state index contributed by atoms with van der Waals surface area (Å²) in [6, 6.07) is 0.00926. The SMILES string of the molecule is CNC(C(=O)SC)C(C)C. The highest BCUT2D eigenvalue weighted by atomic mass is 32.2. The second-order valence-electron chi connectivity index (χ2n) is 2.53. The molecule has 1 unspecified atom stereocenters. The molecule has 1 N–H and O–H groups in total. The van der Waals surface area contributed by atoms with Gasteiger partial charge in [0.25, 0.3) is 0 Å². The number of carbonyl (C=O) groups is 1. The van der Waals surface area contributed by atoms with Crippen molar-refractivity contribution in [1.29, 1.82) is 0 Å². The Morgan fingerprint density at radius 2 is 2.00 bits per heavy atom. The van der Waals surface area contributed by atoms with E-state index in [1.807, 2.05) is 27.2 Å². The molecule has 0 radical (unpaired) electrons. The Morgan fingerprint density at radius 1 is 1.50 bits per heavy atom. The predicted octanol–water partition coefficient (Wildman–Crippen LogP) is 1.12. The maximum Gasteiger partial charge on any atom is 0.205 e. The van der Waals surface area contributed by atoms with Crippen LogP contribution in [0.15, 0.2) is 0 Å². The van der Waals surface area contributed by atoms with E-state index in [9.17, 15) is 4.79 Å². The lowest BCUT2D eigenvalue weighted by molar-refractivity contribution is -0.113. The third-order valence-corrected chi connectivity index (χ3v) is 2.09. The second kappa shape index (κ2) is 4.74. The summed E-state index contributed by atoms with van der Waals surface area (Å²) in [6.07, 6.45) is 1.81. The van der Waals surface area contributed by atoms with Crippen LogP contribution in [0.4, 0.5) is 0 Å². The summed E-state index contributed by atoms with van der Waals surface area (Å²) in [5, 5.41) is 3.20. The Bertz CT molecular complexity index is 114. The van der Waals surface area contributed by atoms with Crippen LogP contribution >= 0.6 is 11.8 Å². The number of rotatable bonds is 3. The molecule has 2 nitrogen and oxygen atoms in total. The van der Waals surface area contributed by atoms with Crippen LogP contribution in [0.3, 0.4) is 0 Å². The third-order valence-electron chi connectivity index (χ3n) is 1.43. The van der Waals surface area contributed by atoms with E-state index in [1.54, 1.807) is 0 Å². The van der Waals surface area contributed by atoms with Gasteiger partial charge in [-0.15, -0.1) is 0 Å². The Labute approximate surface area is 66.8 Å². The van der Waals surface area contributed by atoms with Gasteiger partial charge in [-0.2, -0.15) is 0 Å². The largest absolute Gasteiger partial charge is 0.310 e.